The number of oxazole rings is 1. The fourth-order valence-electron chi connectivity index (χ4n) is 3.49. The lowest BCUT2D eigenvalue weighted by Crippen LogP contribution is -2.37. The number of aromatic nitrogens is 5. The van der Waals surface area contributed by atoms with E-state index >= 15 is 0 Å². The molecule has 0 aliphatic rings. The lowest BCUT2D eigenvalue weighted by Gasteiger charge is -2.20. The normalized spacial score (nSPS) is 12.1. The Morgan fingerprint density at radius 1 is 1.16 bits per heavy atom. The highest BCUT2D eigenvalue weighted by Gasteiger charge is 2.31. The molecule has 8 nitrogen and oxygen atoms in total. The highest BCUT2D eigenvalue weighted by molar-refractivity contribution is 9.10. The van der Waals surface area contributed by atoms with Gasteiger partial charge in [0.2, 0.25) is 5.89 Å². The minimum absolute atomic E-state index is 0.355. The topological polar surface area (TPSA) is 87.9 Å². The molecule has 4 rings (SSSR count). The Kier molecular flexibility index (Phi) is 5.93. The van der Waals surface area contributed by atoms with E-state index in [1.807, 2.05) is 49.6 Å². The van der Waals surface area contributed by atoms with Gasteiger partial charge in [-0.25, -0.2) is 14.8 Å². The van der Waals surface area contributed by atoms with Crippen LogP contribution < -0.4 is 11.2 Å². The molecule has 0 saturated heterocycles. The number of hydrogen-bond acceptors (Lipinski definition) is 6. The summed E-state index contributed by atoms with van der Waals surface area (Å²) in [7, 11) is 3.11. The van der Waals surface area contributed by atoms with E-state index in [2.05, 4.69) is 20.9 Å². The van der Waals surface area contributed by atoms with Crippen LogP contribution in [0.15, 0.2) is 54.2 Å². The maximum Gasteiger partial charge on any atom is 0.332 e. The lowest BCUT2D eigenvalue weighted by molar-refractivity contribution is 0.451. The average Bonchev–Trinajstić information content (AvgIpc) is 3.37. The summed E-state index contributed by atoms with van der Waals surface area (Å²) in [5.74, 6) is 0.585. The molecule has 0 fully saturated rings. The summed E-state index contributed by atoms with van der Waals surface area (Å²) in [5.41, 5.74) is 1.83. The quantitative estimate of drug-likeness (QED) is 0.361. The molecule has 0 saturated carbocycles. The third kappa shape index (κ3) is 3.97. The minimum Gasteiger partial charge on any atom is -0.447 e. The molecule has 168 valence electrons. The van der Waals surface area contributed by atoms with Crippen molar-refractivity contribution in [1.82, 2.24) is 23.7 Å². The second-order valence-corrected chi connectivity index (χ2v) is 10.6. The molecular formula is C22H24BrN5O3S. The largest absolute Gasteiger partial charge is 0.447 e. The van der Waals surface area contributed by atoms with Crippen LogP contribution >= 0.6 is 27.7 Å². The Morgan fingerprint density at radius 3 is 2.56 bits per heavy atom. The van der Waals surface area contributed by atoms with Gasteiger partial charge in [0.25, 0.3) is 5.56 Å². The molecule has 0 N–H and O–H groups in total. The van der Waals surface area contributed by atoms with Crippen molar-refractivity contribution < 1.29 is 4.42 Å². The van der Waals surface area contributed by atoms with E-state index in [9.17, 15) is 9.59 Å². The molecule has 3 heterocycles. The molecule has 0 unspecified atom stereocenters. The van der Waals surface area contributed by atoms with Crippen LogP contribution in [0, 0.1) is 0 Å². The van der Waals surface area contributed by atoms with Crippen molar-refractivity contribution in [3.8, 4) is 0 Å². The summed E-state index contributed by atoms with van der Waals surface area (Å²) in [5, 5.41) is 0.611. The molecule has 0 bridgehead atoms. The molecule has 0 atom stereocenters. The number of thioether (sulfide) groups is 1. The zero-order chi connectivity index (χ0) is 23.2. The Bertz CT molecular complexity index is 1430. The van der Waals surface area contributed by atoms with Gasteiger partial charge >= 0.3 is 5.69 Å². The summed E-state index contributed by atoms with van der Waals surface area (Å²) < 4.78 is 10.5. The fourth-order valence-corrected chi connectivity index (χ4v) is 4.97. The molecule has 0 radical (unpaired) electrons. The first kappa shape index (κ1) is 22.6. The number of hydrogen-bond donors (Lipinski definition) is 0. The van der Waals surface area contributed by atoms with Crippen molar-refractivity contribution in [3.05, 3.63) is 73.0 Å². The van der Waals surface area contributed by atoms with Crippen LogP contribution in [-0.4, -0.2) is 23.7 Å². The standard InChI is InChI=1S/C22H24BrN5O3S/c1-6-15-12-31-19(24-15)22(2,3)32-20-25-17-16(18(29)27(5)21(30)26(17)4)28(20)11-13-8-7-9-14(23)10-13/h7-10,12H,6,11H2,1-5H3. The van der Waals surface area contributed by atoms with Crippen LogP contribution in [0.2, 0.25) is 0 Å². The predicted molar refractivity (Wildman–Crippen MR) is 128 cm³/mol. The maximum atomic E-state index is 13.1. The van der Waals surface area contributed by atoms with Gasteiger partial charge in [0.15, 0.2) is 16.3 Å². The van der Waals surface area contributed by atoms with Gasteiger partial charge in [-0.3, -0.25) is 13.9 Å². The highest BCUT2D eigenvalue weighted by Crippen LogP contribution is 2.40. The number of halogens is 1. The van der Waals surface area contributed by atoms with Crippen LogP contribution in [0.3, 0.4) is 0 Å². The van der Waals surface area contributed by atoms with Crippen LogP contribution in [0.5, 0.6) is 0 Å². The molecule has 1 aromatic carbocycles. The number of nitrogens with zero attached hydrogens (tertiary/aromatic N) is 5. The SMILES string of the molecule is CCc1coc(C(C)(C)Sc2nc3c(c(=O)n(C)c(=O)n3C)n2Cc2cccc(Br)c2)n1. The number of aryl methyl sites for hydroxylation is 2. The number of benzene rings is 1. The van der Waals surface area contributed by atoms with Crippen molar-refractivity contribution in [2.45, 2.75) is 43.6 Å². The Labute approximate surface area is 197 Å². The molecule has 32 heavy (non-hydrogen) atoms. The summed E-state index contributed by atoms with van der Waals surface area (Å²) in [6.07, 6.45) is 2.45. The predicted octanol–water partition coefficient (Wildman–Crippen LogP) is 3.82. The van der Waals surface area contributed by atoms with E-state index in [0.717, 1.165) is 26.7 Å². The van der Waals surface area contributed by atoms with Gasteiger partial charge in [-0.2, -0.15) is 0 Å². The van der Waals surface area contributed by atoms with Crippen LogP contribution in [0.25, 0.3) is 11.2 Å². The Morgan fingerprint density at radius 2 is 1.91 bits per heavy atom. The van der Waals surface area contributed by atoms with Gasteiger partial charge < -0.3 is 8.98 Å². The van der Waals surface area contributed by atoms with Gasteiger partial charge in [-0.1, -0.05) is 46.7 Å². The van der Waals surface area contributed by atoms with Crippen molar-refractivity contribution in [3.63, 3.8) is 0 Å². The van der Waals surface area contributed by atoms with E-state index in [1.165, 1.54) is 23.4 Å². The van der Waals surface area contributed by atoms with Gasteiger partial charge in [-0.05, 0) is 38.0 Å². The fraction of sp³-hybridized carbons (Fsp3) is 0.364. The highest BCUT2D eigenvalue weighted by atomic mass is 79.9. The average molecular weight is 518 g/mol. The monoisotopic (exact) mass is 517 g/mol. The zero-order valence-corrected chi connectivity index (χ0v) is 21.0. The molecule has 0 aliphatic heterocycles. The molecular weight excluding hydrogens is 494 g/mol. The Balaban J connectivity index is 1.91. The van der Waals surface area contributed by atoms with E-state index in [4.69, 9.17) is 9.40 Å². The summed E-state index contributed by atoms with van der Waals surface area (Å²) in [4.78, 5) is 34.9. The first-order valence-electron chi connectivity index (χ1n) is 10.2. The minimum atomic E-state index is -0.548. The summed E-state index contributed by atoms with van der Waals surface area (Å²) in [6.45, 7) is 6.45. The summed E-state index contributed by atoms with van der Waals surface area (Å²) >= 11 is 4.96. The molecule has 0 amide bonds. The van der Waals surface area contributed by atoms with E-state index < -0.39 is 10.4 Å². The van der Waals surface area contributed by atoms with Crippen LogP contribution in [0.1, 0.15) is 37.9 Å². The van der Waals surface area contributed by atoms with Gasteiger partial charge in [0, 0.05) is 18.6 Å². The van der Waals surface area contributed by atoms with E-state index in [1.54, 1.807) is 13.3 Å². The van der Waals surface area contributed by atoms with Gasteiger partial charge in [0.1, 0.15) is 6.26 Å². The molecule has 0 aliphatic carbocycles. The van der Waals surface area contributed by atoms with Gasteiger partial charge in [0.05, 0.1) is 17.0 Å². The first-order valence-corrected chi connectivity index (χ1v) is 11.8. The lowest BCUT2D eigenvalue weighted by atomic mass is 10.2. The number of fused-ring (bicyclic) bond motifs is 1. The van der Waals surface area contributed by atoms with Crippen molar-refractivity contribution >= 4 is 38.9 Å². The molecule has 0 spiro atoms. The van der Waals surface area contributed by atoms with Crippen molar-refractivity contribution in [1.29, 1.82) is 0 Å². The first-order chi connectivity index (χ1) is 15.1. The number of rotatable bonds is 6. The van der Waals surface area contributed by atoms with E-state index in [0.29, 0.717) is 28.8 Å². The maximum absolute atomic E-state index is 13.1. The smallest absolute Gasteiger partial charge is 0.332 e. The number of imidazole rings is 1. The third-order valence-corrected chi connectivity index (χ3v) is 6.99. The molecule has 10 heteroatoms. The summed E-state index contributed by atoms with van der Waals surface area (Å²) in [6, 6.07) is 7.89. The van der Waals surface area contributed by atoms with Crippen molar-refractivity contribution in [2.75, 3.05) is 0 Å². The zero-order valence-electron chi connectivity index (χ0n) is 18.5. The van der Waals surface area contributed by atoms with Gasteiger partial charge in [-0.15, -0.1) is 0 Å². The van der Waals surface area contributed by atoms with Crippen LogP contribution in [0.4, 0.5) is 0 Å². The third-order valence-electron chi connectivity index (χ3n) is 5.32. The van der Waals surface area contributed by atoms with E-state index in [-0.39, 0.29) is 5.56 Å². The second-order valence-electron chi connectivity index (χ2n) is 8.10. The van der Waals surface area contributed by atoms with Crippen LogP contribution in [-0.2, 0) is 31.8 Å². The van der Waals surface area contributed by atoms with Crippen molar-refractivity contribution in [2.24, 2.45) is 14.1 Å². The Hall–Kier alpha value is -2.59. The molecule has 4 aromatic rings. The second kappa shape index (κ2) is 8.40. The molecule has 3 aromatic heterocycles.